The number of hydrogen-bond donors (Lipinski definition) is 2. The molecule has 90 valence electrons. The number of para-hydroxylation sites is 1. The van der Waals surface area contributed by atoms with Crippen molar-refractivity contribution < 1.29 is 5.11 Å². The first-order valence-electron chi connectivity index (χ1n) is 5.38. The molecule has 0 fully saturated rings. The second kappa shape index (κ2) is 5.67. The van der Waals surface area contributed by atoms with Crippen molar-refractivity contribution in [3.05, 3.63) is 50.6 Å². The van der Waals surface area contributed by atoms with Crippen LogP contribution >= 0.6 is 27.3 Å². The summed E-state index contributed by atoms with van der Waals surface area (Å²) < 4.78 is 1.04. The average Bonchev–Trinajstić information content (AvgIpc) is 2.75. The molecular formula is C13H14BrNOS. The molecule has 2 aromatic rings. The maximum absolute atomic E-state index is 9.50. The van der Waals surface area contributed by atoms with Gasteiger partial charge in [-0.15, -0.1) is 11.3 Å². The van der Waals surface area contributed by atoms with Gasteiger partial charge in [0.25, 0.3) is 0 Å². The van der Waals surface area contributed by atoms with E-state index in [0.29, 0.717) is 0 Å². The highest BCUT2D eigenvalue weighted by atomic mass is 79.9. The molecule has 1 aromatic heterocycles. The van der Waals surface area contributed by atoms with E-state index in [2.05, 4.69) is 34.2 Å². The average molecular weight is 312 g/mol. The minimum absolute atomic E-state index is 0.0644. The van der Waals surface area contributed by atoms with Gasteiger partial charge in [-0.05, 0) is 45.9 Å². The zero-order valence-corrected chi connectivity index (χ0v) is 11.9. The van der Waals surface area contributed by atoms with Crippen LogP contribution in [0.4, 0.5) is 5.69 Å². The molecular weight excluding hydrogens is 298 g/mol. The van der Waals surface area contributed by atoms with E-state index in [1.54, 1.807) is 11.3 Å². The molecule has 2 rings (SSSR count). The van der Waals surface area contributed by atoms with E-state index >= 15 is 0 Å². The molecule has 1 unspecified atom stereocenters. The highest BCUT2D eigenvalue weighted by Crippen LogP contribution is 2.31. The second-order valence-electron chi connectivity index (χ2n) is 3.83. The van der Waals surface area contributed by atoms with Crippen LogP contribution in [0.5, 0.6) is 0 Å². The van der Waals surface area contributed by atoms with Gasteiger partial charge in [0.15, 0.2) is 0 Å². The van der Waals surface area contributed by atoms with Crippen LogP contribution in [0.15, 0.2) is 40.2 Å². The van der Waals surface area contributed by atoms with Gasteiger partial charge in [-0.3, -0.25) is 0 Å². The number of aryl methyl sites for hydroxylation is 1. The Morgan fingerprint density at radius 1 is 1.35 bits per heavy atom. The summed E-state index contributed by atoms with van der Waals surface area (Å²) in [6.07, 6.45) is 0. The number of halogens is 1. The molecule has 0 amide bonds. The molecule has 0 saturated carbocycles. The van der Waals surface area contributed by atoms with Crippen LogP contribution in [0.2, 0.25) is 0 Å². The van der Waals surface area contributed by atoms with Crippen LogP contribution in [0.3, 0.4) is 0 Å². The number of nitrogens with one attached hydrogen (secondary N) is 1. The lowest BCUT2D eigenvalue weighted by atomic mass is 10.1. The standard InChI is InChI=1S/C13H14BrNOS/c1-9-4-2-3-5-11(9)15-12(8-16)13-10(14)6-7-17-13/h2-7,12,15-16H,8H2,1H3. The van der Waals surface area contributed by atoms with Gasteiger partial charge in [-0.1, -0.05) is 18.2 Å². The summed E-state index contributed by atoms with van der Waals surface area (Å²) in [4.78, 5) is 1.12. The fourth-order valence-corrected chi connectivity index (χ4v) is 3.36. The number of aliphatic hydroxyl groups excluding tert-OH is 1. The monoisotopic (exact) mass is 311 g/mol. The summed E-state index contributed by atoms with van der Waals surface area (Å²) in [5.74, 6) is 0. The first-order valence-corrected chi connectivity index (χ1v) is 7.05. The van der Waals surface area contributed by atoms with Crippen molar-refractivity contribution in [1.82, 2.24) is 0 Å². The Bertz CT molecular complexity index is 498. The van der Waals surface area contributed by atoms with Gasteiger partial charge in [0.2, 0.25) is 0 Å². The van der Waals surface area contributed by atoms with Crippen molar-refractivity contribution in [2.45, 2.75) is 13.0 Å². The van der Waals surface area contributed by atoms with Crippen molar-refractivity contribution in [2.75, 3.05) is 11.9 Å². The summed E-state index contributed by atoms with van der Waals surface area (Å²) >= 11 is 5.14. The van der Waals surface area contributed by atoms with Crippen LogP contribution in [0.1, 0.15) is 16.5 Å². The van der Waals surface area contributed by atoms with E-state index in [1.807, 2.05) is 29.6 Å². The Morgan fingerprint density at radius 2 is 2.12 bits per heavy atom. The molecule has 0 bridgehead atoms. The van der Waals surface area contributed by atoms with Gasteiger partial charge in [-0.2, -0.15) is 0 Å². The molecule has 2 N–H and O–H groups in total. The summed E-state index contributed by atoms with van der Waals surface area (Å²) in [5, 5.41) is 14.9. The van der Waals surface area contributed by atoms with E-state index < -0.39 is 0 Å². The first-order chi connectivity index (χ1) is 8.22. The Hall–Kier alpha value is -0.840. The Kier molecular flexibility index (Phi) is 4.20. The molecule has 0 aliphatic rings. The van der Waals surface area contributed by atoms with Gasteiger partial charge in [0.1, 0.15) is 0 Å². The van der Waals surface area contributed by atoms with Crippen LogP contribution in [-0.4, -0.2) is 11.7 Å². The Morgan fingerprint density at radius 3 is 2.71 bits per heavy atom. The number of aliphatic hydroxyl groups is 1. The molecule has 17 heavy (non-hydrogen) atoms. The summed E-state index contributed by atoms with van der Waals surface area (Å²) in [5.41, 5.74) is 2.24. The van der Waals surface area contributed by atoms with Gasteiger partial charge in [0, 0.05) is 15.0 Å². The normalized spacial score (nSPS) is 12.4. The van der Waals surface area contributed by atoms with Crippen LogP contribution < -0.4 is 5.32 Å². The highest BCUT2D eigenvalue weighted by Gasteiger charge is 2.15. The molecule has 1 atom stereocenters. The number of benzene rings is 1. The van der Waals surface area contributed by atoms with Gasteiger partial charge >= 0.3 is 0 Å². The third kappa shape index (κ3) is 2.89. The lowest BCUT2D eigenvalue weighted by Gasteiger charge is -2.18. The van der Waals surface area contributed by atoms with Crippen LogP contribution in [-0.2, 0) is 0 Å². The predicted molar refractivity (Wildman–Crippen MR) is 76.6 cm³/mol. The molecule has 0 aliphatic carbocycles. The number of thiophene rings is 1. The first kappa shape index (κ1) is 12.6. The van der Waals surface area contributed by atoms with Crippen LogP contribution in [0.25, 0.3) is 0 Å². The zero-order valence-electron chi connectivity index (χ0n) is 9.48. The minimum atomic E-state index is -0.0644. The molecule has 2 nitrogen and oxygen atoms in total. The number of rotatable bonds is 4. The lowest BCUT2D eigenvalue weighted by Crippen LogP contribution is -2.14. The summed E-state index contributed by atoms with van der Waals surface area (Å²) in [6.45, 7) is 2.13. The van der Waals surface area contributed by atoms with Crippen molar-refractivity contribution in [3.8, 4) is 0 Å². The third-order valence-corrected chi connectivity index (χ3v) is 4.60. The van der Waals surface area contributed by atoms with Gasteiger partial charge < -0.3 is 10.4 Å². The smallest absolute Gasteiger partial charge is 0.0849 e. The summed E-state index contributed by atoms with van der Waals surface area (Å²) in [7, 11) is 0. The fraction of sp³-hybridized carbons (Fsp3) is 0.231. The molecule has 4 heteroatoms. The molecule has 1 heterocycles. The molecule has 0 saturated heterocycles. The van der Waals surface area contributed by atoms with E-state index in [0.717, 1.165) is 15.0 Å². The van der Waals surface area contributed by atoms with E-state index in [4.69, 9.17) is 0 Å². The number of anilines is 1. The highest BCUT2D eigenvalue weighted by molar-refractivity contribution is 9.10. The minimum Gasteiger partial charge on any atom is -0.394 e. The van der Waals surface area contributed by atoms with Crippen molar-refractivity contribution in [1.29, 1.82) is 0 Å². The maximum Gasteiger partial charge on any atom is 0.0849 e. The molecule has 0 aliphatic heterocycles. The lowest BCUT2D eigenvalue weighted by molar-refractivity contribution is 0.277. The van der Waals surface area contributed by atoms with Crippen molar-refractivity contribution >= 4 is 33.0 Å². The Balaban J connectivity index is 2.22. The SMILES string of the molecule is Cc1ccccc1NC(CO)c1sccc1Br. The quantitative estimate of drug-likeness (QED) is 0.895. The molecule has 0 radical (unpaired) electrons. The van der Waals surface area contributed by atoms with Crippen LogP contribution in [0, 0.1) is 6.92 Å². The molecule has 1 aromatic carbocycles. The maximum atomic E-state index is 9.50. The van der Waals surface area contributed by atoms with Gasteiger partial charge in [0.05, 0.1) is 12.6 Å². The Labute approximate surface area is 113 Å². The zero-order chi connectivity index (χ0) is 12.3. The second-order valence-corrected chi connectivity index (χ2v) is 5.63. The predicted octanol–water partition coefficient (Wildman–Crippen LogP) is 3.96. The topological polar surface area (TPSA) is 32.3 Å². The van der Waals surface area contributed by atoms with Crippen molar-refractivity contribution in [3.63, 3.8) is 0 Å². The van der Waals surface area contributed by atoms with E-state index in [9.17, 15) is 5.11 Å². The van der Waals surface area contributed by atoms with Crippen molar-refractivity contribution in [2.24, 2.45) is 0 Å². The van der Waals surface area contributed by atoms with E-state index in [-0.39, 0.29) is 12.6 Å². The summed E-state index contributed by atoms with van der Waals surface area (Å²) in [6, 6.07) is 10.0. The molecule has 0 spiro atoms. The number of hydrogen-bond acceptors (Lipinski definition) is 3. The van der Waals surface area contributed by atoms with Gasteiger partial charge in [-0.25, -0.2) is 0 Å². The fourth-order valence-electron chi connectivity index (χ4n) is 1.67. The largest absolute Gasteiger partial charge is 0.394 e. The third-order valence-electron chi connectivity index (χ3n) is 2.62. The van der Waals surface area contributed by atoms with E-state index in [1.165, 1.54) is 5.56 Å².